The molecule has 1 fully saturated rings. The normalized spacial score (nSPS) is 14.4. The van der Waals surface area contributed by atoms with Gasteiger partial charge in [-0.15, -0.1) is 0 Å². The van der Waals surface area contributed by atoms with Gasteiger partial charge in [-0.05, 0) is 37.1 Å². The summed E-state index contributed by atoms with van der Waals surface area (Å²) in [5.74, 6) is 1.41. The SMILES string of the molecule is O=C(COc1ccccc1)NC1CCN(C(=O)CCOc2ccccc2)CC1. The molecule has 28 heavy (non-hydrogen) atoms. The van der Waals surface area contributed by atoms with Gasteiger partial charge in [-0.3, -0.25) is 9.59 Å². The quantitative estimate of drug-likeness (QED) is 0.762. The molecule has 1 heterocycles. The highest BCUT2D eigenvalue weighted by Gasteiger charge is 2.23. The molecule has 0 atom stereocenters. The average molecular weight is 382 g/mol. The Kier molecular flexibility index (Phi) is 7.29. The number of hydrogen-bond acceptors (Lipinski definition) is 4. The van der Waals surface area contributed by atoms with E-state index in [1.807, 2.05) is 65.6 Å². The van der Waals surface area contributed by atoms with Gasteiger partial charge in [-0.1, -0.05) is 36.4 Å². The fourth-order valence-electron chi connectivity index (χ4n) is 3.14. The van der Waals surface area contributed by atoms with Gasteiger partial charge in [0, 0.05) is 19.1 Å². The first-order chi connectivity index (χ1) is 13.7. The maximum Gasteiger partial charge on any atom is 0.258 e. The van der Waals surface area contributed by atoms with Crippen LogP contribution in [0.5, 0.6) is 11.5 Å². The summed E-state index contributed by atoms with van der Waals surface area (Å²) in [6.07, 6.45) is 1.86. The Labute approximate surface area is 165 Å². The van der Waals surface area contributed by atoms with E-state index in [0.29, 0.717) is 31.9 Å². The Morgan fingerprint density at radius 1 is 0.893 bits per heavy atom. The fourth-order valence-corrected chi connectivity index (χ4v) is 3.14. The van der Waals surface area contributed by atoms with Gasteiger partial charge in [0.2, 0.25) is 5.91 Å². The van der Waals surface area contributed by atoms with Crippen LogP contribution in [0, 0.1) is 0 Å². The third kappa shape index (κ3) is 6.30. The lowest BCUT2D eigenvalue weighted by molar-refractivity contribution is -0.133. The summed E-state index contributed by atoms with van der Waals surface area (Å²) in [7, 11) is 0. The van der Waals surface area contributed by atoms with E-state index in [-0.39, 0.29) is 24.5 Å². The van der Waals surface area contributed by atoms with Crippen molar-refractivity contribution in [3.8, 4) is 11.5 Å². The lowest BCUT2D eigenvalue weighted by atomic mass is 10.0. The van der Waals surface area contributed by atoms with Crippen molar-refractivity contribution in [2.24, 2.45) is 0 Å². The molecule has 1 aliphatic rings. The van der Waals surface area contributed by atoms with Gasteiger partial charge in [-0.25, -0.2) is 0 Å². The average Bonchev–Trinajstić information content (AvgIpc) is 2.74. The van der Waals surface area contributed by atoms with Crippen LogP contribution >= 0.6 is 0 Å². The van der Waals surface area contributed by atoms with Crippen molar-refractivity contribution < 1.29 is 19.1 Å². The summed E-state index contributed by atoms with van der Waals surface area (Å²) in [5, 5.41) is 2.99. The minimum Gasteiger partial charge on any atom is -0.493 e. The number of para-hydroxylation sites is 2. The van der Waals surface area contributed by atoms with Crippen molar-refractivity contribution in [2.45, 2.75) is 25.3 Å². The number of carbonyl (C=O) groups excluding carboxylic acids is 2. The molecule has 0 saturated carbocycles. The van der Waals surface area contributed by atoms with Crippen molar-refractivity contribution >= 4 is 11.8 Å². The van der Waals surface area contributed by atoms with Gasteiger partial charge in [-0.2, -0.15) is 0 Å². The number of nitrogens with zero attached hydrogens (tertiary/aromatic N) is 1. The third-order valence-corrected chi connectivity index (χ3v) is 4.65. The molecular weight excluding hydrogens is 356 g/mol. The number of rotatable bonds is 8. The molecule has 0 unspecified atom stereocenters. The molecule has 1 aliphatic heterocycles. The van der Waals surface area contributed by atoms with Gasteiger partial charge < -0.3 is 19.7 Å². The van der Waals surface area contributed by atoms with Crippen LogP contribution in [-0.4, -0.2) is 49.1 Å². The standard InChI is InChI=1S/C22H26N2O4/c25-21(17-28-20-9-5-2-6-10-20)23-18-11-14-24(15-12-18)22(26)13-16-27-19-7-3-1-4-8-19/h1-10,18H,11-17H2,(H,23,25). The number of likely N-dealkylation sites (tertiary alicyclic amines) is 1. The van der Waals surface area contributed by atoms with E-state index < -0.39 is 0 Å². The van der Waals surface area contributed by atoms with Gasteiger partial charge in [0.05, 0.1) is 13.0 Å². The van der Waals surface area contributed by atoms with Crippen molar-refractivity contribution in [1.82, 2.24) is 10.2 Å². The van der Waals surface area contributed by atoms with Gasteiger partial charge in [0.15, 0.2) is 6.61 Å². The summed E-state index contributed by atoms with van der Waals surface area (Å²) >= 11 is 0. The Morgan fingerprint density at radius 2 is 1.46 bits per heavy atom. The zero-order valence-electron chi connectivity index (χ0n) is 15.9. The molecule has 2 aromatic rings. The molecular formula is C22H26N2O4. The van der Waals surface area contributed by atoms with E-state index in [1.165, 1.54) is 0 Å². The lowest BCUT2D eigenvalue weighted by Gasteiger charge is -2.32. The molecule has 6 heteroatoms. The van der Waals surface area contributed by atoms with E-state index in [0.717, 1.165) is 18.6 Å². The van der Waals surface area contributed by atoms with Gasteiger partial charge in [0.25, 0.3) is 5.91 Å². The first-order valence-corrected chi connectivity index (χ1v) is 9.63. The van der Waals surface area contributed by atoms with E-state index in [9.17, 15) is 9.59 Å². The van der Waals surface area contributed by atoms with Crippen LogP contribution in [-0.2, 0) is 9.59 Å². The van der Waals surface area contributed by atoms with Crippen LogP contribution in [0.15, 0.2) is 60.7 Å². The topological polar surface area (TPSA) is 67.9 Å². The van der Waals surface area contributed by atoms with Crippen molar-refractivity contribution in [1.29, 1.82) is 0 Å². The van der Waals surface area contributed by atoms with Crippen LogP contribution in [0.25, 0.3) is 0 Å². The van der Waals surface area contributed by atoms with Crippen LogP contribution in [0.2, 0.25) is 0 Å². The predicted molar refractivity (Wildman–Crippen MR) is 106 cm³/mol. The molecule has 0 aliphatic carbocycles. The molecule has 0 bridgehead atoms. The van der Waals surface area contributed by atoms with Crippen LogP contribution in [0.4, 0.5) is 0 Å². The monoisotopic (exact) mass is 382 g/mol. The number of amides is 2. The molecule has 0 spiro atoms. The van der Waals surface area contributed by atoms with E-state index in [1.54, 1.807) is 0 Å². The molecule has 3 rings (SSSR count). The highest BCUT2D eigenvalue weighted by atomic mass is 16.5. The Morgan fingerprint density at radius 3 is 2.07 bits per heavy atom. The molecule has 0 radical (unpaired) electrons. The zero-order chi connectivity index (χ0) is 19.6. The summed E-state index contributed by atoms with van der Waals surface area (Å²) in [5.41, 5.74) is 0. The Bertz CT molecular complexity index is 744. The molecule has 148 valence electrons. The summed E-state index contributed by atoms with van der Waals surface area (Å²) in [4.78, 5) is 26.2. The maximum absolute atomic E-state index is 12.3. The molecule has 1 saturated heterocycles. The molecule has 6 nitrogen and oxygen atoms in total. The number of benzene rings is 2. The molecule has 0 aromatic heterocycles. The number of piperidine rings is 1. The lowest BCUT2D eigenvalue weighted by Crippen LogP contribution is -2.47. The van der Waals surface area contributed by atoms with Crippen LogP contribution < -0.4 is 14.8 Å². The molecule has 2 aromatic carbocycles. The Balaban J connectivity index is 1.31. The second-order valence-electron chi connectivity index (χ2n) is 6.74. The second kappa shape index (κ2) is 10.3. The van der Waals surface area contributed by atoms with Crippen molar-refractivity contribution in [3.05, 3.63) is 60.7 Å². The first kappa shape index (κ1) is 19.7. The summed E-state index contributed by atoms with van der Waals surface area (Å²) < 4.78 is 11.0. The third-order valence-electron chi connectivity index (χ3n) is 4.65. The minimum atomic E-state index is -0.134. The van der Waals surface area contributed by atoms with E-state index >= 15 is 0 Å². The summed E-state index contributed by atoms with van der Waals surface area (Å²) in [6, 6.07) is 18.8. The number of nitrogens with one attached hydrogen (secondary N) is 1. The number of carbonyl (C=O) groups is 2. The predicted octanol–water partition coefficient (Wildman–Crippen LogP) is 2.64. The first-order valence-electron chi connectivity index (χ1n) is 9.63. The van der Waals surface area contributed by atoms with E-state index in [2.05, 4.69) is 5.32 Å². The van der Waals surface area contributed by atoms with Crippen LogP contribution in [0.3, 0.4) is 0 Å². The van der Waals surface area contributed by atoms with Crippen LogP contribution in [0.1, 0.15) is 19.3 Å². The molecule has 2 amide bonds. The Hall–Kier alpha value is -3.02. The summed E-state index contributed by atoms with van der Waals surface area (Å²) in [6.45, 7) is 1.67. The van der Waals surface area contributed by atoms with Crippen molar-refractivity contribution in [2.75, 3.05) is 26.3 Å². The second-order valence-corrected chi connectivity index (χ2v) is 6.74. The van der Waals surface area contributed by atoms with Crippen molar-refractivity contribution in [3.63, 3.8) is 0 Å². The molecule has 1 N–H and O–H groups in total. The maximum atomic E-state index is 12.3. The minimum absolute atomic E-state index is 0.0000169. The van der Waals surface area contributed by atoms with E-state index in [4.69, 9.17) is 9.47 Å². The highest BCUT2D eigenvalue weighted by molar-refractivity contribution is 5.78. The highest BCUT2D eigenvalue weighted by Crippen LogP contribution is 2.13. The number of ether oxygens (including phenoxy) is 2. The van der Waals surface area contributed by atoms with Gasteiger partial charge >= 0.3 is 0 Å². The van der Waals surface area contributed by atoms with Gasteiger partial charge in [0.1, 0.15) is 11.5 Å². The number of hydrogen-bond donors (Lipinski definition) is 1. The zero-order valence-corrected chi connectivity index (χ0v) is 15.9. The fraction of sp³-hybridized carbons (Fsp3) is 0.364. The smallest absolute Gasteiger partial charge is 0.258 e. The largest absolute Gasteiger partial charge is 0.493 e.